The number of nitrogens with zero attached hydrogens (tertiary/aromatic N) is 1. The van der Waals surface area contributed by atoms with Gasteiger partial charge < -0.3 is 15.0 Å². The molecule has 1 rings (SSSR count). The Morgan fingerprint density at radius 2 is 1.84 bits per heavy atom. The highest BCUT2D eigenvalue weighted by molar-refractivity contribution is 5.87. The van der Waals surface area contributed by atoms with Gasteiger partial charge in [-0.15, -0.1) is 0 Å². The normalized spacial score (nSPS) is 18.8. The summed E-state index contributed by atoms with van der Waals surface area (Å²) in [6.07, 6.45) is 4.24. The number of likely N-dealkylation sites (tertiary alicyclic amines) is 1. The zero-order valence-electron chi connectivity index (χ0n) is 12.3. The van der Waals surface area contributed by atoms with Gasteiger partial charge in [0, 0.05) is 13.1 Å². The zero-order chi connectivity index (χ0) is 14.3. The number of nitrogens with one attached hydrogen (secondary N) is 1. The van der Waals surface area contributed by atoms with Gasteiger partial charge in [0.25, 0.3) is 0 Å². The molecule has 1 heterocycles. The van der Waals surface area contributed by atoms with E-state index >= 15 is 0 Å². The van der Waals surface area contributed by atoms with Crippen LogP contribution >= 0.6 is 0 Å². The molecule has 1 saturated heterocycles. The average molecular weight is 270 g/mol. The molecule has 1 fully saturated rings. The van der Waals surface area contributed by atoms with Crippen molar-refractivity contribution in [2.45, 2.75) is 58.6 Å². The molecule has 110 valence electrons. The van der Waals surface area contributed by atoms with E-state index in [2.05, 4.69) is 5.32 Å². The molecule has 1 aliphatic rings. The van der Waals surface area contributed by atoms with Gasteiger partial charge in [0.15, 0.2) is 0 Å². The van der Waals surface area contributed by atoms with E-state index in [-0.39, 0.29) is 24.5 Å². The lowest BCUT2D eigenvalue weighted by Gasteiger charge is -2.29. The zero-order valence-corrected chi connectivity index (χ0v) is 12.3. The summed E-state index contributed by atoms with van der Waals surface area (Å²) in [7, 11) is 0. The van der Waals surface area contributed by atoms with Gasteiger partial charge in [-0.2, -0.15) is 0 Å². The predicted octanol–water partition coefficient (Wildman–Crippen LogP) is 1.32. The summed E-state index contributed by atoms with van der Waals surface area (Å²) in [5.41, 5.74) is 0. The van der Waals surface area contributed by atoms with E-state index in [4.69, 9.17) is 4.74 Å². The Kier molecular flexibility index (Phi) is 6.84. The average Bonchev–Trinajstić information content (AvgIpc) is 2.44. The maximum Gasteiger partial charge on any atom is 0.246 e. The SMILES string of the molecule is CC[C@H](C)OCC(=O)N[C@@H](C)C(=O)N1CCCCC1. The third kappa shape index (κ3) is 5.59. The van der Waals surface area contributed by atoms with Crippen molar-refractivity contribution in [1.29, 1.82) is 0 Å². The molecule has 0 aromatic heterocycles. The summed E-state index contributed by atoms with van der Waals surface area (Å²) in [6.45, 7) is 7.30. The summed E-state index contributed by atoms with van der Waals surface area (Å²) in [5.74, 6) is -0.213. The first kappa shape index (κ1) is 16.0. The molecule has 19 heavy (non-hydrogen) atoms. The van der Waals surface area contributed by atoms with Crippen molar-refractivity contribution in [1.82, 2.24) is 10.2 Å². The highest BCUT2D eigenvalue weighted by Gasteiger charge is 2.23. The van der Waals surface area contributed by atoms with Crippen LogP contribution in [0, 0.1) is 0 Å². The number of piperidine rings is 1. The first-order chi connectivity index (χ1) is 9.04. The molecule has 1 N–H and O–H groups in total. The summed E-state index contributed by atoms with van der Waals surface area (Å²) < 4.78 is 5.34. The van der Waals surface area contributed by atoms with E-state index in [0.717, 1.165) is 32.4 Å². The van der Waals surface area contributed by atoms with Gasteiger partial charge >= 0.3 is 0 Å². The van der Waals surface area contributed by atoms with Crippen LogP contribution in [0.15, 0.2) is 0 Å². The second-order valence-electron chi connectivity index (χ2n) is 5.21. The van der Waals surface area contributed by atoms with Gasteiger partial charge in [0.05, 0.1) is 6.10 Å². The quantitative estimate of drug-likeness (QED) is 0.792. The van der Waals surface area contributed by atoms with Crippen LogP contribution in [-0.2, 0) is 14.3 Å². The Balaban J connectivity index is 2.30. The van der Waals surface area contributed by atoms with Crippen LogP contribution in [0.1, 0.15) is 46.5 Å². The Hall–Kier alpha value is -1.10. The molecule has 5 heteroatoms. The van der Waals surface area contributed by atoms with Gasteiger partial charge in [-0.3, -0.25) is 9.59 Å². The smallest absolute Gasteiger partial charge is 0.246 e. The van der Waals surface area contributed by atoms with Gasteiger partial charge in [0.1, 0.15) is 12.6 Å². The monoisotopic (exact) mass is 270 g/mol. The highest BCUT2D eigenvalue weighted by atomic mass is 16.5. The fraction of sp³-hybridized carbons (Fsp3) is 0.857. The number of amides is 2. The number of rotatable bonds is 6. The van der Waals surface area contributed by atoms with Gasteiger partial charge in [-0.1, -0.05) is 6.92 Å². The lowest BCUT2D eigenvalue weighted by molar-refractivity contribution is -0.138. The molecule has 2 amide bonds. The van der Waals surface area contributed by atoms with Crippen LogP contribution in [0.5, 0.6) is 0 Å². The number of hydrogen-bond donors (Lipinski definition) is 1. The van der Waals surface area contributed by atoms with E-state index in [0.29, 0.717) is 0 Å². The molecule has 0 aromatic rings. The third-order valence-electron chi connectivity index (χ3n) is 3.49. The third-order valence-corrected chi connectivity index (χ3v) is 3.49. The van der Waals surface area contributed by atoms with Crippen molar-refractivity contribution in [2.24, 2.45) is 0 Å². The predicted molar refractivity (Wildman–Crippen MR) is 73.7 cm³/mol. The molecule has 5 nitrogen and oxygen atoms in total. The molecule has 0 saturated carbocycles. The molecule has 0 aliphatic carbocycles. The number of carbonyl (C=O) groups is 2. The molecule has 1 aliphatic heterocycles. The summed E-state index contributed by atoms with van der Waals surface area (Å²) >= 11 is 0. The number of hydrogen-bond acceptors (Lipinski definition) is 3. The largest absolute Gasteiger partial charge is 0.369 e. The second-order valence-corrected chi connectivity index (χ2v) is 5.21. The maximum absolute atomic E-state index is 12.1. The van der Waals surface area contributed by atoms with Crippen LogP contribution in [0.25, 0.3) is 0 Å². The second kappa shape index (κ2) is 8.15. The van der Waals surface area contributed by atoms with Gasteiger partial charge in [-0.25, -0.2) is 0 Å². The molecular formula is C14H26N2O3. The van der Waals surface area contributed by atoms with Crippen molar-refractivity contribution in [2.75, 3.05) is 19.7 Å². The maximum atomic E-state index is 12.1. The van der Waals surface area contributed by atoms with Crippen LogP contribution in [0.3, 0.4) is 0 Å². The number of carbonyl (C=O) groups excluding carboxylic acids is 2. The van der Waals surface area contributed by atoms with Crippen molar-refractivity contribution in [3.05, 3.63) is 0 Å². The fourth-order valence-corrected chi connectivity index (χ4v) is 2.07. The lowest BCUT2D eigenvalue weighted by Crippen LogP contribution is -2.49. The first-order valence-electron chi connectivity index (χ1n) is 7.24. The van der Waals surface area contributed by atoms with Gasteiger partial charge in [0.2, 0.25) is 11.8 Å². The lowest BCUT2D eigenvalue weighted by atomic mass is 10.1. The minimum absolute atomic E-state index is 0.0107. The summed E-state index contributed by atoms with van der Waals surface area (Å²) in [5, 5.41) is 2.70. The molecule has 0 aromatic carbocycles. The summed E-state index contributed by atoms with van der Waals surface area (Å²) in [4.78, 5) is 25.6. The Bertz CT molecular complexity index is 301. The molecule has 0 unspecified atom stereocenters. The van der Waals surface area contributed by atoms with E-state index in [1.807, 2.05) is 18.7 Å². The standard InChI is InChI=1S/C14H26N2O3/c1-4-11(2)19-10-13(17)15-12(3)14(18)16-8-6-5-7-9-16/h11-12H,4-10H2,1-3H3,(H,15,17)/t11-,12-/m0/s1. The van der Waals surface area contributed by atoms with E-state index in [1.165, 1.54) is 6.42 Å². The van der Waals surface area contributed by atoms with Crippen molar-refractivity contribution < 1.29 is 14.3 Å². The minimum atomic E-state index is -0.467. The topological polar surface area (TPSA) is 58.6 Å². The molecule has 0 radical (unpaired) electrons. The molecule has 0 spiro atoms. The Morgan fingerprint density at radius 1 is 1.21 bits per heavy atom. The van der Waals surface area contributed by atoms with Crippen LogP contribution in [-0.4, -0.2) is 48.6 Å². The van der Waals surface area contributed by atoms with Crippen LogP contribution in [0.2, 0.25) is 0 Å². The van der Waals surface area contributed by atoms with E-state index < -0.39 is 6.04 Å². The Morgan fingerprint density at radius 3 is 2.42 bits per heavy atom. The van der Waals surface area contributed by atoms with Crippen LogP contribution < -0.4 is 5.32 Å². The summed E-state index contributed by atoms with van der Waals surface area (Å²) in [6, 6.07) is -0.467. The van der Waals surface area contributed by atoms with Gasteiger partial charge in [-0.05, 0) is 39.5 Å². The van der Waals surface area contributed by atoms with E-state index in [1.54, 1.807) is 6.92 Å². The Labute approximate surface area is 115 Å². The molecule has 0 bridgehead atoms. The first-order valence-corrected chi connectivity index (χ1v) is 7.24. The van der Waals surface area contributed by atoms with E-state index in [9.17, 15) is 9.59 Å². The molecular weight excluding hydrogens is 244 g/mol. The highest BCUT2D eigenvalue weighted by Crippen LogP contribution is 2.09. The van der Waals surface area contributed by atoms with Crippen molar-refractivity contribution in [3.8, 4) is 0 Å². The number of ether oxygens (including phenoxy) is 1. The molecule has 2 atom stereocenters. The van der Waals surface area contributed by atoms with Crippen LogP contribution in [0.4, 0.5) is 0 Å². The van der Waals surface area contributed by atoms with Crippen molar-refractivity contribution in [3.63, 3.8) is 0 Å². The fourth-order valence-electron chi connectivity index (χ4n) is 2.07. The minimum Gasteiger partial charge on any atom is -0.369 e. The van der Waals surface area contributed by atoms with Crippen molar-refractivity contribution >= 4 is 11.8 Å².